The minimum Gasteiger partial charge on any atom is -0.381 e. The van der Waals surface area contributed by atoms with Crippen molar-refractivity contribution in [2.45, 2.75) is 43.9 Å². The van der Waals surface area contributed by atoms with Gasteiger partial charge in [-0.15, -0.1) is 12.4 Å². The Morgan fingerprint density at radius 2 is 1.72 bits per heavy atom. The molecular formula is C19H28ClFN2O2. The van der Waals surface area contributed by atoms with Gasteiger partial charge in [-0.3, -0.25) is 4.79 Å². The number of rotatable bonds is 5. The Morgan fingerprint density at radius 1 is 1.12 bits per heavy atom. The van der Waals surface area contributed by atoms with E-state index in [0.717, 1.165) is 31.2 Å². The third kappa shape index (κ3) is 4.15. The molecule has 1 aromatic rings. The first kappa shape index (κ1) is 20.1. The summed E-state index contributed by atoms with van der Waals surface area (Å²) in [6.07, 6.45) is 5.69. The van der Waals surface area contributed by atoms with Crippen LogP contribution in [0.3, 0.4) is 0 Å². The lowest BCUT2D eigenvalue weighted by Gasteiger charge is -2.37. The molecule has 0 radical (unpaired) electrons. The quantitative estimate of drug-likeness (QED) is 0.837. The smallest absolute Gasteiger partial charge is 0.227 e. The average molecular weight is 371 g/mol. The summed E-state index contributed by atoms with van der Waals surface area (Å²) >= 11 is 0. The Kier molecular flexibility index (Phi) is 6.83. The maximum atomic E-state index is 13.3. The number of hydrogen-bond donors (Lipinski definition) is 2. The Hall–Kier alpha value is -1.17. The van der Waals surface area contributed by atoms with E-state index in [0.29, 0.717) is 39.1 Å². The highest BCUT2D eigenvalue weighted by Gasteiger charge is 2.41. The van der Waals surface area contributed by atoms with Crippen LogP contribution in [0.2, 0.25) is 0 Å². The Labute approximate surface area is 155 Å². The van der Waals surface area contributed by atoms with Gasteiger partial charge in [-0.1, -0.05) is 25.0 Å². The summed E-state index contributed by atoms with van der Waals surface area (Å²) in [5, 5.41) is 3.17. The second kappa shape index (κ2) is 8.47. The van der Waals surface area contributed by atoms with Crippen molar-refractivity contribution in [1.82, 2.24) is 5.32 Å². The predicted molar refractivity (Wildman–Crippen MR) is 98.3 cm³/mol. The van der Waals surface area contributed by atoms with Crippen LogP contribution in [0.25, 0.3) is 0 Å². The Balaban J connectivity index is 0.00000225. The Morgan fingerprint density at radius 3 is 2.28 bits per heavy atom. The fourth-order valence-electron chi connectivity index (χ4n) is 4.15. The second-order valence-corrected chi connectivity index (χ2v) is 7.27. The molecule has 6 heteroatoms. The number of carbonyl (C=O) groups is 1. The topological polar surface area (TPSA) is 64.4 Å². The van der Waals surface area contributed by atoms with Crippen molar-refractivity contribution in [2.75, 3.05) is 26.3 Å². The van der Waals surface area contributed by atoms with Gasteiger partial charge < -0.3 is 15.8 Å². The molecular weight excluding hydrogens is 343 g/mol. The van der Waals surface area contributed by atoms with Crippen molar-refractivity contribution < 1.29 is 13.9 Å². The van der Waals surface area contributed by atoms with Gasteiger partial charge in [0.15, 0.2) is 0 Å². The van der Waals surface area contributed by atoms with E-state index in [1.165, 1.54) is 12.1 Å². The zero-order valence-corrected chi connectivity index (χ0v) is 15.4. The fraction of sp³-hybridized carbons (Fsp3) is 0.632. The van der Waals surface area contributed by atoms with Gasteiger partial charge in [0.25, 0.3) is 0 Å². The molecule has 1 amide bonds. The summed E-state index contributed by atoms with van der Waals surface area (Å²) in [6.45, 7) is 2.13. The molecule has 2 fully saturated rings. The number of hydrogen-bond acceptors (Lipinski definition) is 3. The molecule has 0 atom stereocenters. The third-order valence-corrected chi connectivity index (χ3v) is 5.93. The number of halogens is 2. The number of nitrogens with one attached hydrogen (secondary N) is 1. The lowest BCUT2D eigenvalue weighted by molar-refractivity contribution is -0.136. The van der Waals surface area contributed by atoms with Crippen molar-refractivity contribution in [3.05, 3.63) is 35.6 Å². The summed E-state index contributed by atoms with van der Waals surface area (Å²) in [4.78, 5) is 12.8. The highest BCUT2D eigenvalue weighted by atomic mass is 35.5. The van der Waals surface area contributed by atoms with E-state index in [2.05, 4.69) is 5.32 Å². The molecule has 0 aromatic heterocycles. The minimum atomic E-state index is -0.499. The molecule has 1 aromatic carbocycles. The van der Waals surface area contributed by atoms with Crippen LogP contribution in [0.4, 0.5) is 4.39 Å². The first-order chi connectivity index (χ1) is 11.6. The molecule has 3 rings (SSSR count). The van der Waals surface area contributed by atoms with E-state index >= 15 is 0 Å². The molecule has 140 valence electrons. The molecule has 1 aliphatic heterocycles. The van der Waals surface area contributed by atoms with Gasteiger partial charge in [-0.2, -0.15) is 0 Å². The van der Waals surface area contributed by atoms with Gasteiger partial charge in [0.2, 0.25) is 5.91 Å². The maximum absolute atomic E-state index is 13.3. The normalized spacial score (nSPS) is 21.4. The molecule has 0 bridgehead atoms. The van der Waals surface area contributed by atoms with Crippen LogP contribution in [0.5, 0.6) is 0 Å². The number of benzene rings is 1. The van der Waals surface area contributed by atoms with E-state index in [9.17, 15) is 9.18 Å². The minimum absolute atomic E-state index is 0. The second-order valence-electron chi connectivity index (χ2n) is 7.27. The number of nitrogens with two attached hydrogens (primary N) is 1. The van der Waals surface area contributed by atoms with Crippen molar-refractivity contribution in [3.63, 3.8) is 0 Å². The molecule has 0 spiro atoms. The van der Waals surface area contributed by atoms with Gasteiger partial charge in [0.05, 0.1) is 5.41 Å². The fourth-order valence-corrected chi connectivity index (χ4v) is 4.15. The molecule has 1 aliphatic carbocycles. The largest absolute Gasteiger partial charge is 0.381 e. The maximum Gasteiger partial charge on any atom is 0.227 e. The van der Waals surface area contributed by atoms with E-state index in [4.69, 9.17) is 10.5 Å². The molecule has 1 saturated heterocycles. The van der Waals surface area contributed by atoms with Crippen LogP contribution in [0.15, 0.2) is 24.3 Å². The van der Waals surface area contributed by atoms with Crippen LogP contribution in [0, 0.1) is 11.2 Å². The standard InChI is InChI=1S/C19H27FN2O2.ClH/c20-16-5-3-15(4-6-16)19(7-1-2-8-19)14-22-17(23)18(13-21)9-11-24-12-10-18;/h3-6H,1-2,7-14,21H2,(H,22,23);1H. The molecule has 1 heterocycles. The molecule has 4 nitrogen and oxygen atoms in total. The van der Waals surface area contributed by atoms with Crippen molar-refractivity contribution >= 4 is 18.3 Å². The van der Waals surface area contributed by atoms with Gasteiger partial charge in [0, 0.05) is 31.7 Å². The SMILES string of the molecule is Cl.NCC1(C(=O)NCC2(c3ccc(F)cc3)CCCC2)CCOCC1. The number of ether oxygens (including phenoxy) is 1. The number of carbonyl (C=O) groups excluding carboxylic acids is 1. The first-order valence-electron chi connectivity index (χ1n) is 8.92. The molecule has 3 N–H and O–H groups in total. The molecule has 1 saturated carbocycles. The molecule has 0 unspecified atom stereocenters. The predicted octanol–water partition coefficient (Wildman–Crippen LogP) is 2.93. The third-order valence-electron chi connectivity index (χ3n) is 5.93. The van der Waals surface area contributed by atoms with Crippen LogP contribution < -0.4 is 11.1 Å². The zero-order chi connectivity index (χ0) is 17.0. The van der Waals surface area contributed by atoms with Crippen LogP contribution in [-0.4, -0.2) is 32.2 Å². The van der Waals surface area contributed by atoms with E-state index in [1.54, 1.807) is 0 Å². The lowest BCUT2D eigenvalue weighted by atomic mass is 9.76. The highest BCUT2D eigenvalue weighted by molar-refractivity contribution is 5.85. The van der Waals surface area contributed by atoms with Crippen LogP contribution in [0.1, 0.15) is 44.1 Å². The van der Waals surface area contributed by atoms with E-state index < -0.39 is 5.41 Å². The summed E-state index contributed by atoms with van der Waals surface area (Å²) in [7, 11) is 0. The monoisotopic (exact) mass is 370 g/mol. The summed E-state index contributed by atoms with van der Waals surface area (Å²) in [5.74, 6) is -0.179. The van der Waals surface area contributed by atoms with Crippen LogP contribution >= 0.6 is 12.4 Å². The average Bonchev–Trinajstić information content (AvgIpc) is 3.11. The zero-order valence-electron chi connectivity index (χ0n) is 14.6. The van der Waals surface area contributed by atoms with E-state index in [-0.39, 0.29) is 29.5 Å². The molecule has 2 aliphatic rings. The summed E-state index contributed by atoms with van der Waals surface area (Å²) in [5.41, 5.74) is 6.47. The van der Waals surface area contributed by atoms with E-state index in [1.807, 2.05) is 12.1 Å². The number of amides is 1. The van der Waals surface area contributed by atoms with Gasteiger partial charge in [-0.05, 0) is 43.4 Å². The Bertz CT molecular complexity index is 567. The lowest BCUT2D eigenvalue weighted by Crippen LogP contribution is -2.51. The summed E-state index contributed by atoms with van der Waals surface area (Å²) in [6, 6.07) is 6.74. The highest BCUT2D eigenvalue weighted by Crippen LogP contribution is 2.41. The van der Waals surface area contributed by atoms with Crippen molar-refractivity contribution in [2.24, 2.45) is 11.1 Å². The summed E-state index contributed by atoms with van der Waals surface area (Å²) < 4.78 is 18.6. The van der Waals surface area contributed by atoms with Crippen molar-refractivity contribution in [1.29, 1.82) is 0 Å². The van der Waals surface area contributed by atoms with Crippen molar-refractivity contribution in [3.8, 4) is 0 Å². The van der Waals surface area contributed by atoms with Gasteiger partial charge in [-0.25, -0.2) is 4.39 Å². The van der Waals surface area contributed by atoms with Crippen LogP contribution in [-0.2, 0) is 14.9 Å². The first-order valence-corrected chi connectivity index (χ1v) is 8.92. The molecule has 25 heavy (non-hydrogen) atoms. The van der Waals surface area contributed by atoms with Gasteiger partial charge in [0.1, 0.15) is 5.82 Å². The van der Waals surface area contributed by atoms with Gasteiger partial charge >= 0.3 is 0 Å².